The van der Waals surface area contributed by atoms with Gasteiger partial charge in [0.2, 0.25) is 0 Å². The minimum Gasteiger partial charge on any atom is -0.394 e. The monoisotopic (exact) mass is 249 g/mol. The fourth-order valence-electron chi connectivity index (χ4n) is 2.27. The third-order valence-corrected chi connectivity index (χ3v) is 3.08. The summed E-state index contributed by atoms with van der Waals surface area (Å²) in [7, 11) is 0. The third-order valence-electron chi connectivity index (χ3n) is 3.08. The molecule has 1 fully saturated rings. The molecule has 0 saturated carbocycles. The van der Waals surface area contributed by atoms with E-state index in [1.807, 2.05) is 38.1 Å². The van der Waals surface area contributed by atoms with Gasteiger partial charge < -0.3 is 14.7 Å². The number of benzene rings is 1. The van der Waals surface area contributed by atoms with Crippen LogP contribution in [0.3, 0.4) is 0 Å². The van der Waals surface area contributed by atoms with Crippen LogP contribution in [0.2, 0.25) is 0 Å². The molecule has 1 heterocycles. The number of ether oxygens (including phenoxy) is 1. The molecule has 1 aromatic rings. The van der Waals surface area contributed by atoms with Crippen molar-refractivity contribution in [3.63, 3.8) is 0 Å². The number of rotatable bonds is 2. The normalized spacial score (nSPS) is 24.1. The highest BCUT2D eigenvalue weighted by Crippen LogP contribution is 2.15. The molecule has 1 aliphatic heterocycles. The lowest BCUT2D eigenvalue weighted by Gasteiger charge is -2.36. The van der Waals surface area contributed by atoms with Crippen LogP contribution >= 0.6 is 0 Å². The maximum absolute atomic E-state index is 12.3. The number of aliphatic hydroxyl groups excluding tert-OH is 1. The predicted octanol–water partition coefficient (Wildman–Crippen LogP) is 1.22. The first-order valence-electron chi connectivity index (χ1n) is 6.22. The largest absolute Gasteiger partial charge is 0.394 e. The van der Waals surface area contributed by atoms with Gasteiger partial charge in [0.1, 0.15) is 0 Å². The van der Waals surface area contributed by atoms with Gasteiger partial charge in [0.05, 0.1) is 18.8 Å². The summed E-state index contributed by atoms with van der Waals surface area (Å²) in [5, 5.41) is 9.16. The standard InChI is InChI=1S/C14H19NO3/c1-10-4-3-5-12(6-10)14(17)15-7-11(2)18-13(8-15)9-16/h3-6,11,13,16H,7-9H2,1-2H3. The van der Waals surface area contributed by atoms with Crippen molar-refractivity contribution in [2.75, 3.05) is 19.7 Å². The first-order chi connectivity index (χ1) is 8.60. The number of hydrogen-bond donors (Lipinski definition) is 1. The maximum atomic E-state index is 12.3. The molecule has 0 spiro atoms. The molecule has 2 rings (SSSR count). The molecule has 0 bridgehead atoms. The van der Waals surface area contributed by atoms with Crippen molar-refractivity contribution in [3.8, 4) is 0 Å². The number of carbonyl (C=O) groups is 1. The summed E-state index contributed by atoms with van der Waals surface area (Å²) in [5.74, 6) is 0.00676. The first-order valence-corrected chi connectivity index (χ1v) is 6.22. The summed E-state index contributed by atoms with van der Waals surface area (Å²) in [6, 6.07) is 7.56. The summed E-state index contributed by atoms with van der Waals surface area (Å²) in [6.45, 7) is 4.85. The predicted molar refractivity (Wildman–Crippen MR) is 68.5 cm³/mol. The molecule has 1 aromatic carbocycles. The highest BCUT2D eigenvalue weighted by molar-refractivity contribution is 5.94. The van der Waals surface area contributed by atoms with Crippen molar-refractivity contribution in [2.45, 2.75) is 26.1 Å². The Balaban J connectivity index is 2.13. The van der Waals surface area contributed by atoms with Crippen molar-refractivity contribution >= 4 is 5.91 Å². The van der Waals surface area contributed by atoms with E-state index in [0.29, 0.717) is 18.7 Å². The molecule has 98 valence electrons. The fourth-order valence-corrected chi connectivity index (χ4v) is 2.27. The van der Waals surface area contributed by atoms with Gasteiger partial charge in [-0.3, -0.25) is 4.79 Å². The first kappa shape index (κ1) is 13.1. The maximum Gasteiger partial charge on any atom is 0.254 e. The molecule has 1 amide bonds. The van der Waals surface area contributed by atoms with E-state index < -0.39 is 0 Å². The Morgan fingerprint density at radius 2 is 2.28 bits per heavy atom. The Morgan fingerprint density at radius 3 is 2.94 bits per heavy atom. The molecule has 0 radical (unpaired) electrons. The number of aryl methyl sites for hydroxylation is 1. The fraction of sp³-hybridized carbons (Fsp3) is 0.500. The molecule has 4 nitrogen and oxygen atoms in total. The van der Waals surface area contributed by atoms with E-state index in [4.69, 9.17) is 9.84 Å². The SMILES string of the molecule is Cc1cccc(C(=O)N2CC(C)OC(CO)C2)c1. The molecule has 2 atom stereocenters. The lowest BCUT2D eigenvalue weighted by Crippen LogP contribution is -2.50. The Labute approximate surface area is 107 Å². The van der Waals surface area contributed by atoms with Crippen LogP contribution in [-0.4, -0.2) is 47.8 Å². The number of morpholine rings is 1. The molecule has 18 heavy (non-hydrogen) atoms. The zero-order valence-electron chi connectivity index (χ0n) is 10.8. The summed E-state index contributed by atoms with van der Waals surface area (Å²) >= 11 is 0. The molecular weight excluding hydrogens is 230 g/mol. The molecule has 0 aliphatic carbocycles. The average Bonchev–Trinajstić information content (AvgIpc) is 2.37. The number of hydrogen-bond acceptors (Lipinski definition) is 3. The van der Waals surface area contributed by atoms with Crippen molar-refractivity contribution in [1.82, 2.24) is 4.90 Å². The van der Waals surface area contributed by atoms with Crippen LogP contribution in [0.1, 0.15) is 22.8 Å². The van der Waals surface area contributed by atoms with Crippen LogP contribution in [0, 0.1) is 6.92 Å². The molecular formula is C14H19NO3. The van der Waals surface area contributed by atoms with Gasteiger partial charge in [-0.1, -0.05) is 17.7 Å². The zero-order valence-corrected chi connectivity index (χ0v) is 10.8. The molecule has 4 heteroatoms. The Kier molecular flexibility index (Phi) is 3.99. The van der Waals surface area contributed by atoms with E-state index >= 15 is 0 Å². The van der Waals surface area contributed by atoms with Gasteiger partial charge in [-0.15, -0.1) is 0 Å². The van der Waals surface area contributed by atoms with E-state index in [1.54, 1.807) is 4.90 Å². The van der Waals surface area contributed by atoms with E-state index in [0.717, 1.165) is 5.56 Å². The minimum atomic E-state index is -0.275. The van der Waals surface area contributed by atoms with Crippen LogP contribution < -0.4 is 0 Å². The minimum absolute atomic E-state index is 0.00676. The summed E-state index contributed by atoms with van der Waals surface area (Å²) < 4.78 is 5.53. The van der Waals surface area contributed by atoms with E-state index in [-0.39, 0.29) is 24.7 Å². The number of nitrogens with zero attached hydrogens (tertiary/aromatic N) is 1. The van der Waals surface area contributed by atoms with Gasteiger partial charge in [-0.25, -0.2) is 0 Å². The lowest BCUT2D eigenvalue weighted by molar-refractivity contribution is -0.0858. The van der Waals surface area contributed by atoms with Gasteiger partial charge in [-0.2, -0.15) is 0 Å². The topological polar surface area (TPSA) is 49.8 Å². The highest BCUT2D eigenvalue weighted by Gasteiger charge is 2.28. The van der Waals surface area contributed by atoms with E-state index in [1.165, 1.54) is 0 Å². The molecule has 0 aromatic heterocycles. The lowest BCUT2D eigenvalue weighted by atomic mass is 10.1. The smallest absolute Gasteiger partial charge is 0.254 e. The van der Waals surface area contributed by atoms with Crippen molar-refractivity contribution in [3.05, 3.63) is 35.4 Å². The second kappa shape index (κ2) is 5.50. The van der Waals surface area contributed by atoms with Crippen LogP contribution in [0.25, 0.3) is 0 Å². The van der Waals surface area contributed by atoms with Gasteiger partial charge in [-0.05, 0) is 26.0 Å². The zero-order chi connectivity index (χ0) is 13.1. The number of aliphatic hydroxyl groups is 1. The van der Waals surface area contributed by atoms with Gasteiger partial charge >= 0.3 is 0 Å². The quantitative estimate of drug-likeness (QED) is 0.857. The van der Waals surface area contributed by atoms with Gasteiger partial charge in [0.25, 0.3) is 5.91 Å². The second-order valence-electron chi connectivity index (χ2n) is 4.83. The summed E-state index contributed by atoms with van der Waals surface area (Å²) in [5.41, 5.74) is 1.77. The van der Waals surface area contributed by atoms with Crippen molar-refractivity contribution in [2.24, 2.45) is 0 Å². The molecule has 2 unspecified atom stereocenters. The average molecular weight is 249 g/mol. The highest BCUT2D eigenvalue weighted by atomic mass is 16.5. The number of amides is 1. The Morgan fingerprint density at radius 1 is 1.50 bits per heavy atom. The van der Waals surface area contributed by atoms with Crippen LogP contribution in [0.4, 0.5) is 0 Å². The van der Waals surface area contributed by atoms with Crippen LogP contribution in [-0.2, 0) is 4.74 Å². The Hall–Kier alpha value is -1.39. The van der Waals surface area contributed by atoms with Gasteiger partial charge in [0, 0.05) is 18.7 Å². The van der Waals surface area contributed by atoms with Crippen molar-refractivity contribution in [1.29, 1.82) is 0 Å². The van der Waals surface area contributed by atoms with E-state index in [9.17, 15) is 4.79 Å². The summed E-state index contributed by atoms with van der Waals surface area (Å²) in [4.78, 5) is 14.1. The van der Waals surface area contributed by atoms with Crippen LogP contribution in [0.15, 0.2) is 24.3 Å². The van der Waals surface area contributed by atoms with Crippen molar-refractivity contribution < 1.29 is 14.6 Å². The molecule has 1 aliphatic rings. The summed E-state index contributed by atoms with van der Waals surface area (Å²) in [6.07, 6.45) is -0.313. The second-order valence-corrected chi connectivity index (χ2v) is 4.83. The van der Waals surface area contributed by atoms with Crippen LogP contribution in [0.5, 0.6) is 0 Å². The molecule has 1 saturated heterocycles. The third kappa shape index (κ3) is 2.89. The van der Waals surface area contributed by atoms with Gasteiger partial charge in [0.15, 0.2) is 0 Å². The molecule has 1 N–H and O–H groups in total. The van der Waals surface area contributed by atoms with E-state index in [2.05, 4.69) is 0 Å². The number of carbonyl (C=O) groups excluding carboxylic acids is 1. The Bertz CT molecular complexity index is 433.